The number of hydrogen-bond donors (Lipinski definition) is 1. The van der Waals surface area contributed by atoms with Crippen LogP contribution in [0.5, 0.6) is 0 Å². The third-order valence-corrected chi connectivity index (χ3v) is 3.22. The van der Waals surface area contributed by atoms with Crippen LogP contribution in [0.2, 0.25) is 0 Å². The summed E-state index contributed by atoms with van der Waals surface area (Å²) < 4.78 is 7.56. The Morgan fingerprint density at radius 2 is 2.00 bits per heavy atom. The van der Waals surface area contributed by atoms with Gasteiger partial charge < -0.3 is 15.0 Å². The van der Waals surface area contributed by atoms with E-state index < -0.39 is 0 Å². The molecule has 1 aromatic heterocycles. The van der Waals surface area contributed by atoms with Gasteiger partial charge in [0.1, 0.15) is 0 Å². The van der Waals surface area contributed by atoms with Crippen molar-refractivity contribution in [2.75, 3.05) is 12.3 Å². The van der Waals surface area contributed by atoms with Gasteiger partial charge in [-0.05, 0) is 27.6 Å². The van der Waals surface area contributed by atoms with Gasteiger partial charge in [0.25, 0.3) is 5.56 Å². The maximum atomic E-state index is 11.8. The predicted octanol–water partition coefficient (Wildman–Crippen LogP) is 2.41. The molecule has 0 bridgehead atoms. The lowest BCUT2D eigenvalue weighted by Crippen LogP contribution is -2.23. The molecule has 0 aliphatic carbocycles. The van der Waals surface area contributed by atoms with Gasteiger partial charge in [-0.15, -0.1) is 0 Å². The second-order valence-corrected chi connectivity index (χ2v) is 5.01. The number of benzene rings is 1. The average molecular weight is 323 g/mol. The molecule has 0 atom stereocenters. The van der Waals surface area contributed by atoms with Gasteiger partial charge in [0.15, 0.2) is 0 Å². The summed E-state index contributed by atoms with van der Waals surface area (Å²) in [4.78, 5) is 11.8. The first kappa shape index (κ1) is 13.8. The molecule has 2 rings (SSSR count). The molecule has 2 aromatic rings. The van der Waals surface area contributed by atoms with Crippen LogP contribution in [0.4, 0.5) is 5.69 Å². The van der Waals surface area contributed by atoms with E-state index in [2.05, 4.69) is 15.9 Å². The SMILES string of the molecule is Nc1cc(Br)c(=O)n(CCOCc2ccccc2)c1. The second-order valence-electron chi connectivity index (χ2n) is 4.16. The smallest absolute Gasteiger partial charge is 0.265 e. The van der Waals surface area contributed by atoms with E-state index in [4.69, 9.17) is 10.5 Å². The van der Waals surface area contributed by atoms with Gasteiger partial charge in [-0.3, -0.25) is 4.79 Å². The van der Waals surface area contributed by atoms with E-state index in [-0.39, 0.29) is 5.56 Å². The van der Waals surface area contributed by atoms with Crippen molar-refractivity contribution in [2.45, 2.75) is 13.2 Å². The molecule has 0 radical (unpaired) electrons. The maximum Gasteiger partial charge on any atom is 0.265 e. The number of hydrogen-bond acceptors (Lipinski definition) is 3. The Bertz CT molecular complexity index is 596. The van der Waals surface area contributed by atoms with E-state index in [0.717, 1.165) is 5.56 Å². The van der Waals surface area contributed by atoms with Crippen LogP contribution >= 0.6 is 15.9 Å². The summed E-state index contributed by atoms with van der Waals surface area (Å²) in [7, 11) is 0. The second kappa shape index (κ2) is 6.54. The van der Waals surface area contributed by atoms with Gasteiger partial charge in [0, 0.05) is 18.4 Å². The van der Waals surface area contributed by atoms with Crippen molar-refractivity contribution in [3.63, 3.8) is 0 Å². The molecule has 1 heterocycles. The molecule has 19 heavy (non-hydrogen) atoms. The quantitative estimate of drug-likeness (QED) is 0.860. The van der Waals surface area contributed by atoms with E-state index in [1.54, 1.807) is 16.8 Å². The van der Waals surface area contributed by atoms with Crippen molar-refractivity contribution in [1.29, 1.82) is 0 Å². The molecule has 5 heteroatoms. The predicted molar refractivity (Wildman–Crippen MR) is 78.9 cm³/mol. The minimum absolute atomic E-state index is 0.0995. The zero-order valence-corrected chi connectivity index (χ0v) is 12.0. The standard InChI is InChI=1S/C14H15BrN2O2/c15-13-8-12(16)9-17(14(13)18)6-7-19-10-11-4-2-1-3-5-11/h1-5,8-9H,6-7,10,16H2. The number of anilines is 1. The van der Waals surface area contributed by atoms with Crippen molar-refractivity contribution < 1.29 is 4.74 Å². The van der Waals surface area contributed by atoms with Gasteiger partial charge in [-0.25, -0.2) is 0 Å². The summed E-state index contributed by atoms with van der Waals surface area (Å²) in [6.45, 7) is 1.49. The minimum Gasteiger partial charge on any atom is -0.398 e. The Hall–Kier alpha value is -1.59. The number of nitrogens with zero attached hydrogens (tertiary/aromatic N) is 1. The Labute approximate surface area is 119 Å². The maximum absolute atomic E-state index is 11.8. The number of aromatic nitrogens is 1. The van der Waals surface area contributed by atoms with E-state index in [1.165, 1.54) is 0 Å². The third-order valence-electron chi connectivity index (χ3n) is 2.65. The Kier molecular flexibility index (Phi) is 4.76. The molecule has 0 spiro atoms. The van der Waals surface area contributed by atoms with Gasteiger partial charge in [0.05, 0.1) is 17.7 Å². The molecule has 0 aliphatic heterocycles. The Balaban J connectivity index is 1.88. The topological polar surface area (TPSA) is 57.2 Å². The van der Waals surface area contributed by atoms with Crippen LogP contribution in [0.1, 0.15) is 5.56 Å². The molecule has 0 fully saturated rings. The normalized spacial score (nSPS) is 10.6. The largest absolute Gasteiger partial charge is 0.398 e. The summed E-state index contributed by atoms with van der Waals surface area (Å²) in [5, 5.41) is 0. The highest BCUT2D eigenvalue weighted by molar-refractivity contribution is 9.10. The molecule has 100 valence electrons. The molecule has 0 unspecified atom stereocenters. The molecular weight excluding hydrogens is 308 g/mol. The first-order valence-corrected chi connectivity index (χ1v) is 6.73. The molecule has 4 nitrogen and oxygen atoms in total. The van der Waals surface area contributed by atoms with E-state index >= 15 is 0 Å². The van der Waals surface area contributed by atoms with E-state index in [0.29, 0.717) is 29.9 Å². The number of ether oxygens (including phenoxy) is 1. The number of nitrogen functional groups attached to an aromatic ring is 1. The first-order valence-electron chi connectivity index (χ1n) is 5.94. The van der Waals surface area contributed by atoms with Crippen LogP contribution in [0, 0.1) is 0 Å². The average Bonchev–Trinajstić information content (AvgIpc) is 2.41. The lowest BCUT2D eigenvalue weighted by molar-refractivity contribution is 0.112. The summed E-state index contributed by atoms with van der Waals surface area (Å²) in [5.41, 5.74) is 7.26. The summed E-state index contributed by atoms with van der Waals surface area (Å²) >= 11 is 3.19. The van der Waals surface area contributed by atoms with Crippen LogP contribution in [0.25, 0.3) is 0 Å². The zero-order chi connectivity index (χ0) is 13.7. The number of halogens is 1. The molecule has 1 aromatic carbocycles. The van der Waals surface area contributed by atoms with E-state index in [9.17, 15) is 4.79 Å². The van der Waals surface area contributed by atoms with Crippen molar-refractivity contribution in [2.24, 2.45) is 0 Å². The Morgan fingerprint density at radius 1 is 1.26 bits per heavy atom. The van der Waals surface area contributed by atoms with Crippen molar-refractivity contribution >= 4 is 21.6 Å². The highest BCUT2D eigenvalue weighted by Gasteiger charge is 2.02. The van der Waals surface area contributed by atoms with Crippen LogP contribution < -0.4 is 11.3 Å². The van der Waals surface area contributed by atoms with Crippen LogP contribution in [-0.2, 0) is 17.9 Å². The number of pyridine rings is 1. The molecular formula is C14H15BrN2O2. The van der Waals surface area contributed by atoms with Crippen molar-refractivity contribution in [3.8, 4) is 0 Å². The zero-order valence-electron chi connectivity index (χ0n) is 10.4. The molecule has 0 saturated heterocycles. The fourth-order valence-electron chi connectivity index (χ4n) is 1.71. The summed E-state index contributed by atoms with van der Waals surface area (Å²) in [6.07, 6.45) is 1.62. The van der Waals surface area contributed by atoms with E-state index in [1.807, 2.05) is 30.3 Å². The summed E-state index contributed by atoms with van der Waals surface area (Å²) in [6, 6.07) is 11.5. The highest BCUT2D eigenvalue weighted by Crippen LogP contribution is 2.08. The number of nitrogens with two attached hydrogens (primary N) is 1. The first-order chi connectivity index (χ1) is 9.16. The van der Waals surface area contributed by atoms with Gasteiger partial charge in [-0.2, -0.15) is 0 Å². The minimum atomic E-state index is -0.0995. The van der Waals surface area contributed by atoms with Crippen LogP contribution in [0.15, 0.2) is 51.9 Å². The summed E-state index contributed by atoms with van der Waals surface area (Å²) in [5.74, 6) is 0. The molecule has 0 aliphatic rings. The van der Waals surface area contributed by atoms with Gasteiger partial charge >= 0.3 is 0 Å². The molecule has 2 N–H and O–H groups in total. The third kappa shape index (κ3) is 3.94. The fourth-order valence-corrected chi connectivity index (χ4v) is 2.21. The number of rotatable bonds is 5. The van der Waals surface area contributed by atoms with Gasteiger partial charge in [-0.1, -0.05) is 30.3 Å². The fraction of sp³-hybridized carbons (Fsp3) is 0.214. The van der Waals surface area contributed by atoms with Crippen molar-refractivity contribution in [1.82, 2.24) is 4.57 Å². The Morgan fingerprint density at radius 3 is 2.74 bits per heavy atom. The molecule has 0 saturated carbocycles. The van der Waals surface area contributed by atoms with Crippen LogP contribution in [0.3, 0.4) is 0 Å². The van der Waals surface area contributed by atoms with Gasteiger partial charge in [0.2, 0.25) is 0 Å². The van der Waals surface area contributed by atoms with Crippen LogP contribution in [-0.4, -0.2) is 11.2 Å². The molecule has 0 amide bonds. The monoisotopic (exact) mass is 322 g/mol. The lowest BCUT2D eigenvalue weighted by Gasteiger charge is -2.08. The lowest BCUT2D eigenvalue weighted by atomic mass is 10.2. The van der Waals surface area contributed by atoms with Crippen molar-refractivity contribution in [3.05, 3.63) is 63.0 Å². The highest BCUT2D eigenvalue weighted by atomic mass is 79.9.